The summed E-state index contributed by atoms with van der Waals surface area (Å²) in [5.41, 5.74) is 3.37. The number of anilines is 2. The zero-order valence-electron chi connectivity index (χ0n) is 20.6. The fraction of sp³-hybridized carbons (Fsp3) is 0.600. The second kappa shape index (κ2) is 8.81. The number of carbonyl (C=O) groups is 1. The van der Waals surface area contributed by atoms with Crippen LogP contribution in [-0.2, 0) is 5.60 Å². The maximum absolute atomic E-state index is 13.1. The van der Waals surface area contributed by atoms with Crippen LogP contribution in [0.5, 0.6) is 0 Å². The van der Waals surface area contributed by atoms with E-state index < -0.39 is 17.7 Å². The second-order valence-electron chi connectivity index (χ2n) is 11.1. The van der Waals surface area contributed by atoms with Crippen molar-refractivity contribution in [2.45, 2.75) is 70.8 Å². The van der Waals surface area contributed by atoms with Crippen LogP contribution in [-0.4, -0.2) is 51.0 Å². The van der Waals surface area contributed by atoms with E-state index in [2.05, 4.69) is 36.1 Å². The third-order valence-electron chi connectivity index (χ3n) is 7.47. The summed E-state index contributed by atoms with van der Waals surface area (Å²) >= 11 is 0. The predicted molar refractivity (Wildman–Crippen MR) is 127 cm³/mol. The number of halogens is 3. The molecular formula is C25H34F3N5O2. The number of nitrogens with two attached hydrogens (primary N) is 1. The van der Waals surface area contributed by atoms with Gasteiger partial charge in [0.25, 0.3) is 5.91 Å². The molecule has 1 saturated carbocycles. The van der Waals surface area contributed by atoms with Gasteiger partial charge in [0, 0.05) is 31.0 Å². The molecule has 4 N–H and O–H groups in total. The summed E-state index contributed by atoms with van der Waals surface area (Å²) in [6.45, 7) is 9.72. The number of amides is 1. The molecule has 1 aliphatic carbocycles. The molecule has 1 aromatic heterocycles. The van der Waals surface area contributed by atoms with Gasteiger partial charge in [-0.15, -0.1) is 0 Å². The highest BCUT2D eigenvalue weighted by Gasteiger charge is 2.51. The van der Waals surface area contributed by atoms with Crippen LogP contribution in [0.3, 0.4) is 0 Å². The molecule has 1 aromatic carbocycles. The van der Waals surface area contributed by atoms with E-state index in [1.807, 2.05) is 0 Å². The van der Waals surface area contributed by atoms with Gasteiger partial charge in [-0.2, -0.15) is 18.3 Å². The van der Waals surface area contributed by atoms with Gasteiger partial charge in [0.15, 0.2) is 11.4 Å². The monoisotopic (exact) mass is 493 g/mol. The number of likely N-dealkylation sites (tertiary alicyclic amines) is 1. The Morgan fingerprint density at radius 2 is 1.83 bits per heavy atom. The first-order valence-electron chi connectivity index (χ1n) is 12.0. The van der Waals surface area contributed by atoms with E-state index in [-0.39, 0.29) is 23.0 Å². The molecule has 0 bridgehead atoms. The fourth-order valence-electron chi connectivity index (χ4n) is 5.40. The number of carbonyl (C=O) groups excluding carboxylic acids is 1. The van der Waals surface area contributed by atoms with Crippen LogP contribution in [0.2, 0.25) is 0 Å². The maximum Gasteiger partial charge on any atom is 0.421 e. The molecule has 1 saturated heterocycles. The molecule has 4 rings (SSSR count). The number of primary amides is 1. The Balaban J connectivity index is 1.48. The van der Waals surface area contributed by atoms with Gasteiger partial charge in [0.1, 0.15) is 5.56 Å². The fourth-order valence-corrected chi connectivity index (χ4v) is 5.40. The first kappa shape index (κ1) is 25.5. The quantitative estimate of drug-likeness (QED) is 0.548. The Morgan fingerprint density at radius 3 is 2.34 bits per heavy atom. The highest BCUT2D eigenvalue weighted by Crippen LogP contribution is 2.41. The third-order valence-corrected chi connectivity index (χ3v) is 7.47. The van der Waals surface area contributed by atoms with E-state index >= 15 is 0 Å². The van der Waals surface area contributed by atoms with E-state index in [4.69, 9.17) is 5.73 Å². The van der Waals surface area contributed by atoms with Gasteiger partial charge in [0.05, 0.1) is 6.04 Å². The molecule has 2 aliphatic rings. The van der Waals surface area contributed by atoms with Crippen molar-refractivity contribution >= 4 is 17.4 Å². The number of aromatic nitrogens is 2. The number of alkyl halides is 3. The highest BCUT2D eigenvalue weighted by molar-refractivity contribution is 5.98. The molecule has 7 nitrogen and oxygen atoms in total. The Kier molecular flexibility index (Phi) is 6.42. The molecule has 2 heterocycles. The van der Waals surface area contributed by atoms with Gasteiger partial charge >= 0.3 is 6.18 Å². The van der Waals surface area contributed by atoms with Crippen molar-refractivity contribution in [1.82, 2.24) is 14.7 Å². The lowest BCUT2D eigenvalue weighted by Crippen LogP contribution is -2.58. The van der Waals surface area contributed by atoms with Crippen molar-refractivity contribution in [2.24, 2.45) is 17.1 Å². The minimum absolute atomic E-state index is 0.124. The number of benzene rings is 1. The minimum atomic E-state index is -4.80. The van der Waals surface area contributed by atoms with Gasteiger partial charge < -0.3 is 16.2 Å². The molecule has 0 unspecified atom stereocenters. The minimum Gasteiger partial charge on any atom is -0.376 e. The Labute approximate surface area is 203 Å². The van der Waals surface area contributed by atoms with Crippen LogP contribution in [0, 0.1) is 11.3 Å². The first-order valence-corrected chi connectivity index (χ1v) is 12.0. The summed E-state index contributed by atoms with van der Waals surface area (Å²) < 4.78 is 41.1. The summed E-state index contributed by atoms with van der Waals surface area (Å²) in [6, 6.07) is 5.88. The van der Waals surface area contributed by atoms with Crippen molar-refractivity contribution < 1.29 is 23.1 Å². The Hall–Kier alpha value is -2.59. The largest absolute Gasteiger partial charge is 0.421 e. The van der Waals surface area contributed by atoms with E-state index in [1.54, 1.807) is 10.9 Å². The summed E-state index contributed by atoms with van der Waals surface area (Å²) in [4.78, 5) is 14.7. The van der Waals surface area contributed by atoms with Gasteiger partial charge in [0.2, 0.25) is 0 Å². The van der Waals surface area contributed by atoms with E-state index in [0.717, 1.165) is 32.4 Å². The lowest BCUT2D eigenvalue weighted by Gasteiger charge is -2.52. The molecule has 4 atom stereocenters. The zero-order valence-corrected chi connectivity index (χ0v) is 20.6. The van der Waals surface area contributed by atoms with Crippen molar-refractivity contribution in [2.75, 3.05) is 18.4 Å². The highest BCUT2D eigenvalue weighted by atomic mass is 19.4. The van der Waals surface area contributed by atoms with Gasteiger partial charge in [-0.1, -0.05) is 32.9 Å². The number of hydrogen-bond donors (Lipinski definition) is 3. The molecule has 10 heteroatoms. The second-order valence-corrected chi connectivity index (χ2v) is 11.1. The molecule has 2 aromatic rings. The van der Waals surface area contributed by atoms with E-state index in [1.165, 1.54) is 24.3 Å². The number of hydrogen-bond acceptors (Lipinski definition) is 5. The number of nitrogens with one attached hydrogen (secondary N) is 1. The van der Waals surface area contributed by atoms with Crippen LogP contribution in [0.25, 0.3) is 0 Å². The lowest BCUT2D eigenvalue weighted by atomic mass is 9.77. The smallest absolute Gasteiger partial charge is 0.376 e. The van der Waals surface area contributed by atoms with Gasteiger partial charge in [-0.3, -0.25) is 14.4 Å². The van der Waals surface area contributed by atoms with E-state index in [9.17, 15) is 23.1 Å². The topological polar surface area (TPSA) is 96.4 Å². The van der Waals surface area contributed by atoms with Crippen LogP contribution in [0.1, 0.15) is 68.9 Å². The molecule has 1 aliphatic heterocycles. The Morgan fingerprint density at radius 1 is 1.20 bits per heavy atom. The molecular weight excluding hydrogens is 459 g/mol. The predicted octanol–water partition coefficient (Wildman–Crippen LogP) is 4.57. The van der Waals surface area contributed by atoms with Crippen molar-refractivity contribution in [1.29, 1.82) is 0 Å². The zero-order chi connectivity index (χ0) is 25.8. The first-order chi connectivity index (χ1) is 16.2. The van der Waals surface area contributed by atoms with Crippen LogP contribution in [0.15, 0.2) is 30.5 Å². The third kappa shape index (κ3) is 5.04. The number of aliphatic hydroxyl groups is 1. The van der Waals surface area contributed by atoms with Gasteiger partial charge in [-0.25, -0.2) is 0 Å². The summed E-state index contributed by atoms with van der Waals surface area (Å²) in [7, 11) is 0. The van der Waals surface area contributed by atoms with E-state index in [0.29, 0.717) is 30.0 Å². The molecule has 0 spiro atoms. The van der Waals surface area contributed by atoms with Gasteiger partial charge in [-0.05, 0) is 55.2 Å². The molecule has 192 valence electrons. The van der Waals surface area contributed by atoms with Crippen LogP contribution >= 0.6 is 0 Å². The molecule has 1 amide bonds. The molecule has 0 radical (unpaired) electrons. The summed E-state index contributed by atoms with van der Waals surface area (Å²) in [5.74, 6) is -0.0269. The standard InChI is InChI=1S/C25H34F3N5O2/c1-15-11-18(32-13-23(2,3)14-32)9-10-20(15)33-12-19(21(29)34)22(31-33)30-17-7-5-16(6-8-17)24(4,35)25(26,27)28/h5-8,12,15,18,20,35H,9-11,13-14H2,1-4H3,(H2,29,34)(H,30,31)/t15-,18-,20-,24+/m0/s1. The maximum atomic E-state index is 13.1. The lowest BCUT2D eigenvalue weighted by molar-refractivity contribution is -0.258. The number of nitrogens with zero attached hydrogens (tertiary/aromatic N) is 3. The normalized spacial score (nSPS) is 26.6. The van der Waals surface area contributed by atoms with Crippen molar-refractivity contribution in [3.8, 4) is 0 Å². The summed E-state index contributed by atoms with van der Waals surface area (Å²) in [6.07, 6.45) is -0.109. The van der Waals surface area contributed by atoms with Crippen molar-refractivity contribution in [3.05, 3.63) is 41.6 Å². The average Bonchev–Trinajstić information content (AvgIpc) is 3.15. The van der Waals surface area contributed by atoms with Crippen LogP contribution < -0.4 is 11.1 Å². The number of rotatable bonds is 6. The average molecular weight is 494 g/mol. The molecule has 2 fully saturated rings. The summed E-state index contributed by atoms with van der Waals surface area (Å²) in [5, 5.41) is 17.5. The van der Waals surface area contributed by atoms with Crippen LogP contribution in [0.4, 0.5) is 24.7 Å². The van der Waals surface area contributed by atoms with Crippen molar-refractivity contribution in [3.63, 3.8) is 0 Å². The Bertz CT molecular complexity index is 1070. The molecule has 35 heavy (non-hydrogen) atoms. The SMILES string of the molecule is C[C@H]1C[C@@H](N2CC(C)(C)C2)CC[C@@H]1n1cc(C(N)=O)c(Nc2ccc([C@@](C)(O)C(F)(F)F)cc2)n1.